The molecule has 0 unspecified atom stereocenters. The summed E-state index contributed by atoms with van der Waals surface area (Å²) in [6, 6.07) is 13.3. The molecule has 0 aromatic heterocycles. The van der Waals surface area contributed by atoms with Gasteiger partial charge in [-0.15, -0.1) is 0 Å². The van der Waals surface area contributed by atoms with Crippen LogP contribution in [0.4, 0.5) is 0 Å². The summed E-state index contributed by atoms with van der Waals surface area (Å²) in [5.74, 6) is 0.304. The highest BCUT2D eigenvalue weighted by atomic mass is 16.3. The van der Waals surface area contributed by atoms with Crippen molar-refractivity contribution in [1.82, 2.24) is 5.32 Å². The van der Waals surface area contributed by atoms with Gasteiger partial charge in [0.15, 0.2) is 0 Å². The Kier molecular flexibility index (Phi) is 4.96. The molecule has 3 heteroatoms. The smallest absolute Gasteiger partial charge is 0.251 e. The third-order valence-electron chi connectivity index (χ3n) is 4.47. The van der Waals surface area contributed by atoms with E-state index in [1.807, 2.05) is 18.2 Å². The minimum absolute atomic E-state index is 0.0177. The zero-order valence-electron chi connectivity index (χ0n) is 13.3. The minimum Gasteiger partial charge on any atom is -0.508 e. The van der Waals surface area contributed by atoms with Gasteiger partial charge in [0.25, 0.3) is 5.91 Å². The molecule has 3 nitrogen and oxygen atoms in total. The molecule has 0 aliphatic heterocycles. The first-order valence-electron chi connectivity index (χ1n) is 8.40. The molecule has 0 heterocycles. The number of phenols is 1. The van der Waals surface area contributed by atoms with E-state index in [9.17, 15) is 9.90 Å². The van der Waals surface area contributed by atoms with Gasteiger partial charge < -0.3 is 10.4 Å². The van der Waals surface area contributed by atoms with Crippen molar-refractivity contribution in [1.29, 1.82) is 0 Å². The third kappa shape index (κ3) is 4.13. The molecule has 0 spiro atoms. The topological polar surface area (TPSA) is 49.3 Å². The molecule has 0 fully saturated rings. The lowest BCUT2D eigenvalue weighted by molar-refractivity contribution is 0.0953. The highest BCUT2D eigenvalue weighted by Crippen LogP contribution is 2.22. The average molecular weight is 309 g/mol. The predicted molar refractivity (Wildman–Crippen MR) is 91.8 cm³/mol. The predicted octanol–water partition coefficient (Wildman–Crippen LogP) is 3.63. The third-order valence-corrected chi connectivity index (χ3v) is 4.47. The number of phenolic OH excluding ortho intramolecular Hbond substituents is 1. The maximum Gasteiger partial charge on any atom is 0.251 e. The van der Waals surface area contributed by atoms with E-state index in [0.29, 0.717) is 6.54 Å². The lowest BCUT2D eigenvalue weighted by Gasteiger charge is -2.16. The Balaban J connectivity index is 1.48. The first kappa shape index (κ1) is 15.6. The maximum absolute atomic E-state index is 12.2. The van der Waals surface area contributed by atoms with Crippen molar-refractivity contribution in [2.45, 2.75) is 38.5 Å². The molecular formula is C20H23NO2. The van der Waals surface area contributed by atoms with Crippen LogP contribution in [0.25, 0.3) is 0 Å². The summed E-state index contributed by atoms with van der Waals surface area (Å²) in [5.41, 5.74) is 4.69. The molecule has 0 saturated carbocycles. The van der Waals surface area contributed by atoms with Gasteiger partial charge in [-0.25, -0.2) is 0 Å². The van der Waals surface area contributed by atoms with Gasteiger partial charge in [0, 0.05) is 12.1 Å². The number of carbonyl (C=O) groups excluding carboxylic acids is 1. The summed E-state index contributed by atoms with van der Waals surface area (Å²) in [4.78, 5) is 12.2. The second-order valence-corrected chi connectivity index (χ2v) is 6.22. The lowest BCUT2D eigenvalue weighted by atomic mass is 9.90. The number of nitrogens with one attached hydrogen (secondary N) is 1. The van der Waals surface area contributed by atoms with Crippen LogP contribution < -0.4 is 5.32 Å². The second kappa shape index (κ2) is 7.32. The number of fused-ring (bicyclic) bond motifs is 1. The van der Waals surface area contributed by atoms with E-state index in [0.717, 1.165) is 31.2 Å². The molecule has 1 aliphatic carbocycles. The number of hydrogen-bond donors (Lipinski definition) is 2. The van der Waals surface area contributed by atoms with E-state index in [-0.39, 0.29) is 11.7 Å². The number of aromatic hydroxyl groups is 1. The molecule has 1 amide bonds. The fraction of sp³-hybridized carbons (Fsp3) is 0.350. The van der Waals surface area contributed by atoms with Crippen LogP contribution in [0.2, 0.25) is 0 Å². The minimum atomic E-state index is 0.0177. The SMILES string of the molecule is O=C(NCCCc1ccc(O)cc1)c1ccc2c(c1)CCCC2. The molecule has 120 valence electrons. The van der Waals surface area contributed by atoms with Crippen LogP contribution >= 0.6 is 0 Å². The van der Waals surface area contributed by atoms with E-state index in [2.05, 4.69) is 17.4 Å². The van der Waals surface area contributed by atoms with Crippen molar-refractivity contribution in [3.63, 3.8) is 0 Å². The number of carbonyl (C=O) groups is 1. The van der Waals surface area contributed by atoms with Crippen LogP contribution in [-0.4, -0.2) is 17.6 Å². The summed E-state index contributed by atoms with van der Waals surface area (Å²) in [6.45, 7) is 0.663. The zero-order chi connectivity index (χ0) is 16.1. The van der Waals surface area contributed by atoms with Crippen LogP contribution in [0.1, 0.15) is 46.3 Å². The summed E-state index contributed by atoms with van der Waals surface area (Å²) < 4.78 is 0. The normalized spacial score (nSPS) is 13.4. The second-order valence-electron chi connectivity index (χ2n) is 6.22. The van der Waals surface area contributed by atoms with Gasteiger partial charge in [-0.2, -0.15) is 0 Å². The fourth-order valence-corrected chi connectivity index (χ4v) is 3.13. The van der Waals surface area contributed by atoms with Gasteiger partial charge in [-0.3, -0.25) is 4.79 Å². The Morgan fingerprint density at radius 3 is 2.52 bits per heavy atom. The van der Waals surface area contributed by atoms with Crippen LogP contribution in [0.15, 0.2) is 42.5 Å². The Labute approximate surface area is 137 Å². The van der Waals surface area contributed by atoms with E-state index in [4.69, 9.17) is 0 Å². The standard InChI is InChI=1S/C20H23NO2/c22-19-11-7-15(8-12-19)4-3-13-21-20(23)18-10-9-16-5-1-2-6-17(16)14-18/h7-12,14,22H,1-6,13H2,(H,21,23). The van der Waals surface area contributed by atoms with Crippen LogP contribution in [0.3, 0.4) is 0 Å². The van der Waals surface area contributed by atoms with Crippen LogP contribution in [-0.2, 0) is 19.3 Å². The zero-order valence-corrected chi connectivity index (χ0v) is 13.3. The summed E-state index contributed by atoms with van der Waals surface area (Å²) in [5, 5.41) is 12.3. The van der Waals surface area contributed by atoms with Gasteiger partial charge in [0.05, 0.1) is 0 Å². The molecule has 0 atom stereocenters. The first-order valence-corrected chi connectivity index (χ1v) is 8.40. The Bertz CT molecular complexity index is 677. The summed E-state index contributed by atoms with van der Waals surface area (Å²) >= 11 is 0. The fourth-order valence-electron chi connectivity index (χ4n) is 3.13. The van der Waals surface area contributed by atoms with Crippen LogP contribution in [0.5, 0.6) is 5.75 Å². The number of rotatable bonds is 5. The highest BCUT2D eigenvalue weighted by Gasteiger charge is 2.12. The van der Waals surface area contributed by atoms with Gasteiger partial charge in [-0.1, -0.05) is 18.2 Å². The van der Waals surface area contributed by atoms with Crippen molar-refractivity contribution in [3.05, 3.63) is 64.7 Å². The van der Waals surface area contributed by atoms with Crippen molar-refractivity contribution >= 4 is 5.91 Å². The largest absolute Gasteiger partial charge is 0.508 e. The Hall–Kier alpha value is -2.29. The van der Waals surface area contributed by atoms with Crippen molar-refractivity contribution in [2.75, 3.05) is 6.54 Å². The molecule has 0 saturated heterocycles. The van der Waals surface area contributed by atoms with E-state index in [1.54, 1.807) is 12.1 Å². The first-order chi connectivity index (χ1) is 11.2. The molecule has 2 aromatic carbocycles. The monoisotopic (exact) mass is 309 g/mol. The van der Waals surface area contributed by atoms with Crippen LogP contribution in [0, 0.1) is 0 Å². The molecule has 23 heavy (non-hydrogen) atoms. The lowest BCUT2D eigenvalue weighted by Crippen LogP contribution is -2.25. The number of hydrogen-bond acceptors (Lipinski definition) is 2. The van der Waals surface area contributed by atoms with Crippen molar-refractivity contribution < 1.29 is 9.90 Å². The molecule has 0 bridgehead atoms. The summed E-state index contributed by atoms with van der Waals surface area (Å²) in [6.07, 6.45) is 6.51. The van der Waals surface area contributed by atoms with Crippen molar-refractivity contribution in [3.8, 4) is 5.75 Å². The average Bonchev–Trinajstić information content (AvgIpc) is 2.59. The quantitative estimate of drug-likeness (QED) is 0.829. The Morgan fingerprint density at radius 1 is 1.00 bits per heavy atom. The van der Waals surface area contributed by atoms with Gasteiger partial charge in [-0.05, 0) is 79.5 Å². The number of aryl methyl sites for hydroxylation is 3. The van der Waals surface area contributed by atoms with Gasteiger partial charge in [0.1, 0.15) is 5.75 Å². The Morgan fingerprint density at radius 2 is 1.74 bits per heavy atom. The molecule has 2 N–H and O–H groups in total. The van der Waals surface area contributed by atoms with E-state index in [1.165, 1.54) is 29.5 Å². The highest BCUT2D eigenvalue weighted by molar-refractivity contribution is 5.94. The maximum atomic E-state index is 12.2. The van der Waals surface area contributed by atoms with Gasteiger partial charge in [0.2, 0.25) is 0 Å². The summed E-state index contributed by atoms with van der Waals surface area (Å²) in [7, 11) is 0. The van der Waals surface area contributed by atoms with Gasteiger partial charge >= 0.3 is 0 Å². The van der Waals surface area contributed by atoms with Crippen molar-refractivity contribution in [2.24, 2.45) is 0 Å². The number of benzene rings is 2. The van der Waals surface area contributed by atoms with E-state index < -0.39 is 0 Å². The molecule has 1 aliphatic rings. The number of amides is 1. The molecular weight excluding hydrogens is 286 g/mol. The molecule has 3 rings (SSSR count). The molecule has 0 radical (unpaired) electrons. The molecule has 2 aromatic rings. The van der Waals surface area contributed by atoms with E-state index >= 15 is 0 Å².